The normalized spacial score (nSPS) is 18.7. The van der Waals surface area contributed by atoms with Gasteiger partial charge in [-0.3, -0.25) is 0 Å². The zero-order valence-electron chi connectivity index (χ0n) is 13.1. The minimum atomic E-state index is -0.181. The Morgan fingerprint density at radius 1 is 1.57 bits per heavy atom. The van der Waals surface area contributed by atoms with Crippen molar-refractivity contribution in [1.29, 1.82) is 0 Å². The van der Waals surface area contributed by atoms with Crippen LogP contribution in [0.3, 0.4) is 0 Å². The van der Waals surface area contributed by atoms with Crippen molar-refractivity contribution in [2.45, 2.75) is 44.9 Å². The van der Waals surface area contributed by atoms with Crippen molar-refractivity contribution in [3.8, 4) is 10.8 Å². The maximum absolute atomic E-state index is 12.1. The van der Waals surface area contributed by atoms with E-state index in [4.69, 9.17) is 9.15 Å². The van der Waals surface area contributed by atoms with Crippen LogP contribution in [-0.4, -0.2) is 29.8 Å². The number of nitrogens with zero attached hydrogens (tertiary/aromatic N) is 1. The summed E-state index contributed by atoms with van der Waals surface area (Å²) in [5.41, 5.74) is 0.821. The zero-order chi connectivity index (χ0) is 16.1. The molecule has 2 amide bonds. The van der Waals surface area contributed by atoms with Crippen molar-refractivity contribution in [2.75, 3.05) is 6.61 Å². The number of urea groups is 1. The van der Waals surface area contributed by atoms with E-state index in [1.165, 1.54) is 11.3 Å². The Morgan fingerprint density at radius 3 is 3.17 bits per heavy atom. The summed E-state index contributed by atoms with van der Waals surface area (Å²) >= 11 is 1.50. The Morgan fingerprint density at radius 2 is 2.48 bits per heavy atom. The second-order valence-corrected chi connectivity index (χ2v) is 6.37. The molecule has 0 radical (unpaired) electrons. The molecule has 1 fully saturated rings. The van der Waals surface area contributed by atoms with Crippen LogP contribution in [0.5, 0.6) is 0 Å². The third-order valence-electron chi connectivity index (χ3n) is 3.88. The summed E-state index contributed by atoms with van der Waals surface area (Å²) in [6, 6.07) is 3.58. The van der Waals surface area contributed by atoms with Gasteiger partial charge in [0.25, 0.3) is 0 Å². The Bertz CT molecular complexity index is 620. The number of carbonyl (C=O) groups is 1. The van der Waals surface area contributed by atoms with E-state index in [1.54, 1.807) is 6.26 Å². The summed E-state index contributed by atoms with van der Waals surface area (Å²) in [6.07, 6.45) is 4.70. The molecule has 1 aliphatic heterocycles. The van der Waals surface area contributed by atoms with Crippen molar-refractivity contribution in [3.05, 3.63) is 29.5 Å². The molecule has 124 valence electrons. The van der Waals surface area contributed by atoms with Gasteiger partial charge in [0, 0.05) is 12.0 Å². The van der Waals surface area contributed by atoms with Crippen LogP contribution in [0.25, 0.3) is 10.8 Å². The van der Waals surface area contributed by atoms with Crippen molar-refractivity contribution < 1.29 is 13.9 Å². The molecule has 3 rings (SSSR count). The van der Waals surface area contributed by atoms with Gasteiger partial charge in [0.15, 0.2) is 10.8 Å². The smallest absolute Gasteiger partial charge is 0.315 e. The number of hydrogen-bond acceptors (Lipinski definition) is 5. The molecular weight excluding hydrogens is 314 g/mol. The van der Waals surface area contributed by atoms with Crippen molar-refractivity contribution in [1.82, 2.24) is 15.6 Å². The standard InChI is InChI=1S/C16H21N3O3S/c1-2-12(13-5-3-7-21-13)19-16(20)17-9-11-10-23-15(18-11)14-6-4-8-22-14/h4,6,8,10,12-13H,2-3,5,7,9H2,1H3,(H2,17,19,20). The highest BCUT2D eigenvalue weighted by Gasteiger charge is 2.25. The fourth-order valence-electron chi connectivity index (χ4n) is 2.67. The van der Waals surface area contributed by atoms with Crippen LogP contribution < -0.4 is 10.6 Å². The number of rotatable bonds is 6. The molecule has 0 bridgehead atoms. The first-order valence-electron chi connectivity index (χ1n) is 7.90. The predicted molar refractivity (Wildman–Crippen MR) is 88.2 cm³/mol. The van der Waals surface area contributed by atoms with E-state index in [1.807, 2.05) is 17.5 Å². The van der Waals surface area contributed by atoms with Crippen LogP contribution in [-0.2, 0) is 11.3 Å². The summed E-state index contributed by atoms with van der Waals surface area (Å²) in [6.45, 7) is 3.24. The second-order valence-electron chi connectivity index (χ2n) is 5.51. The monoisotopic (exact) mass is 335 g/mol. The zero-order valence-corrected chi connectivity index (χ0v) is 13.9. The highest BCUT2D eigenvalue weighted by molar-refractivity contribution is 7.13. The minimum absolute atomic E-state index is 0.0617. The van der Waals surface area contributed by atoms with Gasteiger partial charge in [-0.25, -0.2) is 9.78 Å². The van der Waals surface area contributed by atoms with Gasteiger partial charge in [-0.05, 0) is 31.4 Å². The summed E-state index contributed by atoms with van der Waals surface area (Å²) in [7, 11) is 0. The third kappa shape index (κ3) is 4.11. The summed E-state index contributed by atoms with van der Waals surface area (Å²) in [4.78, 5) is 16.5. The Balaban J connectivity index is 1.48. The predicted octanol–water partition coefficient (Wildman–Crippen LogP) is 3.16. The molecule has 23 heavy (non-hydrogen) atoms. The molecule has 2 aromatic heterocycles. The molecule has 2 atom stereocenters. The van der Waals surface area contributed by atoms with Crippen molar-refractivity contribution >= 4 is 17.4 Å². The van der Waals surface area contributed by atoms with Crippen molar-refractivity contribution in [2.24, 2.45) is 0 Å². The highest BCUT2D eigenvalue weighted by Crippen LogP contribution is 2.23. The summed E-state index contributed by atoms with van der Waals surface area (Å²) in [5, 5.41) is 8.59. The van der Waals surface area contributed by atoms with E-state index < -0.39 is 0 Å². The third-order valence-corrected chi connectivity index (χ3v) is 4.79. The molecular formula is C16H21N3O3S. The molecule has 0 saturated carbocycles. The molecule has 0 aliphatic carbocycles. The number of ether oxygens (including phenoxy) is 1. The molecule has 3 heterocycles. The molecule has 1 saturated heterocycles. The Labute approximate surface area is 139 Å². The first kappa shape index (κ1) is 16.0. The van der Waals surface area contributed by atoms with Gasteiger partial charge in [0.2, 0.25) is 0 Å². The fraction of sp³-hybridized carbons (Fsp3) is 0.500. The molecule has 1 aliphatic rings. The van der Waals surface area contributed by atoms with Gasteiger partial charge in [0.05, 0.1) is 30.6 Å². The van der Waals surface area contributed by atoms with Crippen LogP contribution in [0, 0.1) is 0 Å². The number of amides is 2. The molecule has 2 unspecified atom stereocenters. The van der Waals surface area contributed by atoms with Crippen molar-refractivity contribution in [3.63, 3.8) is 0 Å². The lowest BCUT2D eigenvalue weighted by Gasteiger charge is -2.22. The Kier molecular flexibility index (Phi) is 5.30. The fourth-order valence-corrected chi connectivity index (χ4v) is 3.46. The number of aromatic nitrogens is 1. The largest absolute Gasteiger partial charge is 0.462 e. The number of furan rings is 1. The topological polar surface area (TPSA) is 76.4 Å². The molecule has 2 aromatic rings. The van der Waals surface area contributed by atoms with E-state index in [-0.39, 0.29) is 18.2 Å². The first-order valence-corrected chi connectivity index (χ1v) is 8.78. The molecule has 0 spiro atoms. The average Bonchev–Trinajstić information content (AvgIpc) is 3.32. The molecule has 7 heteroatoms. The molecule has 0 aromatic carbocycles. The van der Waals surface area contributed by atoms with Gasteiger partial charge in [0.1, 0.15) is 0 Å². The number of thiazole rings is 1. The van der Waals surface area contributed by atoms with E-state index in [2.05, 4.69) is 22.5 Å². The van der Waals surface area contributed by atoms with E-state index in [9.17, 15) is 4.79 Å². The van der Waals surface area contributed by atoms with Crippen LogP contribution in [0.1, 0.15) is 31.9 Å². The minimum Gasteiger partial charge on any atom is -0.462 e. The highest BCUT2D eigenvalue weighted by atomic mass is 32.1. The summed E-state index contributed by atoms with van der Waals surface area (Å²) < 4.78 is 11.0. The lowest BCUT2D eigenvalue weighted by atomic mass is 10.1. The maximum atomic E-state index is 12.1. The van der Waals surface area contributed by atoms with Gasteiger partial charge in [-0.15, -0.1) is 11.3 Å². The quantitative estimate of drug-likeness (QED) is 0.850. The van der Waals surface area contributed by atoms with Crippen LogP contribution in [0.15, 0.2) is 28.2 Å². The molecule has 2 N–H and O–H groups in total. The van der Waals surface area contributed by atoms with E-state index in [0.29, 0.717) is 6.54 Å². The van der Waals surface area contributed by atoms with Crippen LogP contribution in [0.4, 0.5) is 4.79 Å². The lowest BCUT2D eigenvalue weighted by Crippen LogP contribution is -2.47. The lowest BCUT2D eigenvalue weighted by molar-refractivity contribution is 0.0796. The molecule has 6 nitrogen and oxygen atoms in total. The van der Waals surface area contributed by atoms with Gasteiger partial charge >= 0.3 is 6.03 Å². The van der Waals surface area contributed by atoms with Crippen LogP contribution in [0.2, 0.25) is 0 Å². The Hall–Kier alpha value is -1.86. The SMILES string of the molecule is CCC(NC(=O)NCc1csc(-c2ccco2)n1)C1CCCO1. The van der Waals surface area contributed by atoms with E-state index >= 15 is 0 Å². The van der Waals surface area contributed by atoms with Gasteiger partial charge in [-0.1, -0.05) is 6.92 Å². The average molecular weight is 335 g/mol. The number of nitrogens with one attached hydrogen (secondary N) is 2. The van der Waals surface area contributed by atoms with Gasteiger partial charge < -0.3 is 19.8 Å². The van der Waals surface area contributed by atoms with Gasteiger partial charge in [-0.2, -0.15) is 0 Å². The second kappa shape index (κ2) is 7.61. The maximum Gasteiger partial charge on any atom is 0.315 e. The number of hydrogen-bond donors (Lipinski definition) is 2. The van der Waals surface area contributed by atoms with E-state index in [0.717, 1.165) is 42.3 Å². The first-order chi connectivity index (χ1) is 11.3. The number of carbonyl (C=O) groups excluding carboxylic acids is 1. The summed E-state index contributed by atoms with van der Waals surface area (Å²) in [5.74, 6) is 0.745. The van der Waals surface area contributed by atoms with Crippen LogP contribution >= 0.6 is 11.3 Å².